The van der Waals surface area contributed by atoms with E-state index in [1.807, 2.05) is 40.7 Å². The molecule has 0 atom stereocenters. The zero-order valence-corrected chi connectivity index (χ0v) is 15.9. The fraction of sp³-hybridized carbons (Fsp3) is 0.526. The Morgan fingerprint density at radius 1 is 1.12 bits per heavy atom. The van der Waals surface area contributed by atoms with Gasteiger partial charge in [0, 0.05) is 34.9 Å². The Kier molecular flexibility index (Phi) is 3.86. The van der Waals surface area contributed by atoms with Crippen molar-refractivity contribution in [2.24, 2.45) is 5.92 Å². The molecule has 1 N–H and O–H groups in total. The highest BCUT2D eigenvalue weighted by Gasteiger charge is 2.52. The van der Waals surface area contributed by atoms with Crippen molar-refractivity contribution in [3.05, 3.63) is 24.2 Å². The summed E-state index contributed by atoms with van der Waals surface area (Å²) in [5.74, 6) is 0.729. The molecule has 2 fully saturated rings. The van der Waals surface area contributed by atoms with Gasteiger partial charge in [0.2, 0.25) is 5.91 Å². The van der Waals surface area contributed by atoms with E-state index in [0.29, 0.717) is 5.82 Å². The number of aryl methyl sites for hydroxylation is 1. The number of hydrogen-bond acceptors (Lipinski definition) is 5. The number of fused-ring (bicyclic) bond motifs is 1. The van der Waals surface area contributed by atoms with E-state index >= 15 is 0 Å². The summed E-state index contributed by atoms with van der Waals surface area (Å²) in [5.41, 5.74) is 0.886. The largest absolute Gasteiger partial charge is 0.497 e. The SMILES string of the molecule is Cc1ncc(B2OC(C)(C)C(C)(C)O2)c2cc(NC(=O)C3CC3)ncc12. The van der Waals surface area contributed by atoms with Crippen molar-refractivity contribution in [1.29, 1.82) is 0 Å². The minimum atomic E-state index is -0.509. The van der Waals surface area contributed by atoms with Crippen molar-refractivity contribution in [3.63, 3.8) is 0 Å². The van der Waals surface area contributed by atoms with Crippen LogP contribution in [0.5, 0.6) is 0 Å². The molecule has 6 nitrogen and oxygen atoms in total. The van der Waals surface area contributed by atoms with Crippen molar-refractivity contribution < 1.29 is 14.1 Å². The minimum Gasteiger partial charge on any atom is -0.399 e. The third kappa shape index (κ3) is 2.89. The van der Waals surface area contributed by atoms with Crippen molar-refractivity contribution in [2.75, 3.05) is 5.32 Å². The van der Waals surface area contributed by atoms with Crippen LogP contribution in [0.25, 0.3) is 10.8 Å². The number of pyridine rings is 2. The molecular formula is C19H24BN3O3. The van der Waals surface area contributed by atoms with E-state index in [4.69, 9.17) is 9.31 Å². The average Bonchev–Trinajstić information content (AvgIpc) is 3.35. The summed E-state index contributed by atoms with van der Waals surface area (Å²) >= 11 is 0. The number of nitrogens with one attached hydrogen (secondary N) is 1. The normalized spacial score (nSPS) is 21.2. The number of carbonyl (C=O) groups excluding carboxylic acids is 1. The lowest BCUT2D eigenvalue weighted by Crippen LogP contribution is -2.41. The van der Waals surface area contributed by atoms with Gasteiger partial charge >= 0.3 is 7.12 Å². The molecule has 2 aliphatic rings. The summed E-state index contributed by atoms with van der Waals surface area (Å²) in [4.78, 5) is 21.0. The molecule has 1 saturated heterocycles. The maximum atomic E-state index is 12.1. The summed E-state index contributed by atoms with van der Waals surface area (Å²) < 4.78 is 12.4. The second-order valence-corrected chi connectivity index (χ2v) is 8.27. The van der Waals surface area contributed by atoms with E-state index in [0.717, 1.165) is 34.8 Å². The first-order valence-electron chi connectivity index (χ1n) is 9.10. The van der Waals surface area contributed by atoms with Crippen LogP contribution in [-0.2, 0) is 14.1 Å². The van der Waals surface area contributed by atoms with Crippen LogP contribution in [0.4, 0.5) is 5.82 Å². The third-order valence-electron chi connectivity index (χ3n) is 5.71. The van der Waals surface area contributed by atoms with Gasteiger partial charge in [0.25, 0.3) is 0 Å². The molecule has 0 radical (unpaired) electrons. The Hall–Kier alpha value is -1.99. The second kappa shape index (κ2) is 5.76. The van der Waals surface area contributed by atoms with Gasteiger partial charge in [-0.15, -0.1) is 0 Å². The summed E-state index contributed by atoms with van der Waals surface area (Å²) in [7, 11) is -0.509. The molecule has 136 valence electrons. The highest BCUT2D eigenvalue weighted by atomic mass is 16.7. The van der Waals surface area contributed by atoms with Crippen molar-refractivity contribution >= 4 is 35.1 Å². The molecule has 26 heavy (non-hydrogen) atoms. The molecule has 4 rings (SSSR count). The van der Waals surface area contributed by atoms with Crippen LogP contribution in [-0.4, -0.2) is 34.2 Å². The molecule has 1 saturated carbocycles. The Morgan fingerprint density at radius 2 is 1.77 bits per heavy atom. The first kappa shape index (κ1) is 17.4. The minimum absolute atomic E-state index is 0.0415. The molecule has 3 heterocycles. The molecule has 1 aliphatic heterocycles. The zero-order valence-electron chi connectivity index (χ0n) is 15.9. The fourth-order valence-corrected chi connectivity index (χ4v) is 3.09. The van der Waals surface area contributed by atoms with Gasteiger partial charge in [0.15, 0.2) is 0 Å². The average molecular weight is 353 g/mol. The Bertz CT molecular complexity index is 877. The molecule has 0 bridgehead atoms. The number of aromatic nitrogens is 2. The number of nitrogens with zero attached hydrogens (tertiary/aromatic N) is 2. The second-order valence-electron chi connectivity index (χ2n) is 8.27. The highest BCUT2D eigenvalue weighted by Crippen LogP contribution is 2.37. The third-order valence-corrected chi connectivity index (χ3v) is 5.71. The number of rotatable bonds is 3. The van der Waals surface area contributed by atoms with E-state index in [1.54, 1.807) is 12.4 Å². The lowest BCUT2D eigenvalue weighted by atomic mass is 9.77. The summed E-state index contributed by atoms with van der Waals surface area (Å²) in [6.07, 6.45) is 5.48. The van der Waals surface area contributed by atoms with E-state index < -0.39 is 18.3 Å². The number of amides is 1. The molecule has 0 aromatic carbocycles. The molecule has 0 unspecified atom stereocenters. The van der Waals surface area contributed by atoms with Crippen LogP contribution in [0, 0.1) is 12.8 Å². The predicted octanol–water partition coefficient (Wildman–Crippen LogP) is 2.59. The molecule has 7 heteroatoms. The monoisotopic (exact) mass is 353 g/mol. The molecule has 1 amide bonds. The Labute approximate surface area is 153 Å². The summed E-state index contributed by atoms with van der Waals surface area (Å²) in [6.45, 7) is 10.1. The van der Waals surface area contributed by atoms with Crippen molar-refractivity contribution in [1.82, 2.24) is 9.97 Å². The zero-order chi connectivity index (χ0) is 18.7. The quantitative estimate of drug-likeness (QED) is 0.859. The van der Waals surface area contributed by atoms with Gasteiger partial charge in [-0.25, -0.2) is 4.98 Å². The number of carbonyl (C=O) groups is 1. The van der Waals surface area contributed by atoms with Crippen LogP contribution in [0.3, 0.4) is 0 Å². The van der Waals surface area contributed by atoms with Gasteiger partial charge in [0.1, 0.15) is 5.82 Å². The van der Waals surface area contributed by atoms with Crippen LogP contribution in [0.1, 0.15) is 46.2 Å². The van der Waals surface area contributed by atoms with Crippen LogP contribution < -0.4 is 10.8 Å². The van der Waals surface area contributed by atoms with E-state index in [-0.39, 0.29) is 11.8 Å². The van der Waals surface area contributed by atoms with E-state index in [9.17, 15) is 4.79 Å². The van der Waals surface area contributed by atoms with Crippen LogP contribution in [0.15, 0.2) is 18.5 Å². The van der Waals surface area contributed by atoms with Crippen LogP contribution in [0.2, 0.25) is 0 Å². The molecule has 2 aromatic heterocycles. The van der Waals surface area contributed by atoms with Gasteiger partial charge < -0.3 is 14.6 Å². The summed E-state index contributed by atoms with van der Waals surface area (Å²) in [6, 6.07) is 1.89. The van der Waals surface area contributed by atoms with Gasteiger partial charge in [-0.3, -0.25) is 9.78 Å². The van der Waals surface area contributed by atoms with Gasteiger partial charge in [-0.1, -0.05) is 0 Å². The number of hydrogen-bond donors (Lipinski definition) is 1. The molecule has 1 aliphatic carbocycles. The molecule has 0 spiro atoms. The van der Waals surface area contributed by atoms with Gasteiger partial charge in [0.05, 0.1) is 11.2 Å². The van der Waals surface area contributed by atoms with E-state index in [1.165, 1.54) is 0 Å². The van der Waals surface area contributed by atoms with Crippen LogP contribution >= 0.6 is 0 Å². The standard InChI is InChI=1S/C19H24BN3O3/c1-11-14-9-22-16(23-17(24)12-6-7-12)8-13(14)15(10-21-11)20-25-18(2,3)19(4,5)26-20/h8-10,12H,6-7H2,1-5H3,(H,22,23,24). The maximum absolute atomic E-state index is 12.1. The lowest BCUT2D eigenvalue weighted by Gasteiger charge is -2.32. The molecule has 2 aromatic rings. The fourth-order valence-electron chi connectivity index (χ4n) is 3.09. The first-order valence-corrected chi connectivity index (χ1v) is 9.10. The summed E-state index contributed by atoms with van der Waals surface area (Å²) in [5, 5.41) is 4.79. The highest BCUT2D eigenvalue weighted by molar-refractivity contribution is 6.65. The predicted molar refractivity (Wildman–Crippen MR) is 101 cm³/mol. The molecular weight excluding hydrogens is 329 g/mol. The lowest BCUT2D eigenvalue weighted by molar-refractivity contribution is -0.117. The smallest absolute Gasteiger partial charge is 0.399 e. The van der Waals surface area contributed by atoms with Gasteiger partial charge in [-0.2, -0.15) is 0 Å². The maximum Gasteiger partial charge on any atom is 0.497 e. The number of anilines is 1. The van der Waals surface area contributed by atoms with Crippen molar-refractivity contribution in [2.45, 2.75) is 58.7 Å². The Balaban J connectivity index is 1.74. The van der Waals surface area contributed by atoms with Gasteiger partial charge in [-0.05, 0) is 58.9 Å². The van der Waals surface area contributed by atoms with Crippen molar-refractivity contribution in [3.8, 4) is 0 Å². The first-order chi connectivity index (χ1) is 12.2. The topological polar surface area (TPSA) is 73.3 Å². The Morgan fingerprint density at radius 3 is 2.38 bits per heavy atom. The van der Waals surface area contributed by atoms with E-state index in [2.05, 4.69) is 15.3 Å².